The van der Waals surface area contributed by atoms with Gasteiger partial charge in [-0.2, -0.15) is 0 Å². The van der Waals surface area contributed by atoms with E-state index < -0.39 is 15.9 Å². The number of sulfonamides is 1. The summed E-state index contributed by atoms with van der Waals surface area (Å²) in [5, 5.41) is 2.71. The number of anilines is 2. The van der Waals surface area contributed by atoms with Gasteiger partial charge in [-0.25, -0.2) is 8.42 Å². The van der Waals surface area contributed by atoms with Crippen LogP contribution in [0.1, 0.15) is 13.8 Å². The van der Waals surface area contributed by atoms with Gasteiger partial charge >= 0.3 is 4.87 Å². The second-order valence-corrected chi connectivity index (χ2v) is 9.44. The number of carbonyl (C=O) groups is 1. The number of hydrogen-bond acceptors (Lipinski definition) is 6. The van der Waals surface area contributed by atoms with Crippen LogP contribution in [0.5, 0.6) is 5.75 Å². The summed E-state index contributed by atoms with van der Waals surface area (Å²) in [5.41, 5.74) is 1.67. The van der Waals surface area contributed by atoms with E-state index in [0.717, 1.165) is 32.1 Å². The minimum absolute atomic E-state index is 0.0604. The van der Waals surface area contributed by atoms with Crippen molar-refractivity contribution in [3.05, 3.63) is 52.1 Å². The lowest BCUT2D eigenvalue weighted by Crippen LogP contribution is -2.37. The highest BCUT2D eigenvalue weighted by Gasteiger charge is 2.21. The Bertz CT molecular complexity index is 1210. The second-order valence-electron chi connectivity index (χ2n) is 6.54. The zero-order valence-corrected chi connectivity index (χ0v) is 18.5. The first kappa shape index (κ1) is 21.8. The van der Waals surface area contributed by atoms with Crippen LogP contribution in [-0.2, 0) is 21.4 Å². The summed E-state index contributed by atoms with van der Waals surface area (Å²) in [6, 6.07) is 11.7. The molecule has 0 aliphatic carbocycles. The quantitative estimate of drug-likeness (QED) is 0.570. The van der Waals surface area contributed by atoms with Gasteiger partial charge in [0.05, 0.1) is 28.8 Å². The summed E-state index contributed by atoms with van der Waals surface area (Å²) in [4.78, 5) is 24.5. The molecule has 2 aromatic carbocycles. The predicted octanol–water partition coefficient (Wildman–Crippen LogP) is 2.89. The summed E-state index contributed by atoms with van der Waals surface area (Å²) in [7, 11) is -3.68. The normalized spacial score (nSPS) is 11.4. The molecule has 0 aliphatic rings. The molecule has 3 aromatic rings. The van der Waals surface area contributed by atoms with Crippen LogP contribution >= 0.6 is 11.3 Å². The summed E-state index contributed by atoms with van der Waals surface area (Å²) < 4.78 is 33.3. The highest BCUT2D eigenvalue weighted by molar-refractivity contribution is 7.92. The molecule has 1 amide bonds. The number of amides is 1. The van der Waals surface area contributed by atoms with Gasteiger partial charge in [-0.05, 0) is 56.3 Å². The second kappa shape index (κ2) is 8.88. The van der Waals surface area contributed by atoms with E-state index in [1.165, 1.54) is 0 Å². The fourth-order valence-corrected chi connectivity index (χ4v) is 4.90. The van der Waals surface area contributed by atoms with Crippen LogP contribution in [0.15, 0.2) is 47.3 Å². The number of fused-ring (bicyclic) bond motifs is 1. The smallest absolute Gasteiger partial charge is 0.308 e. The van der Waals surface area contributed by atoms with Crippen LogP contribution in [0.2, 0.25) is 0 Å². The Morgan fingerprint density at radius 3 is 2.47 bits per heavy atom. The van der Waals surface area contributed by atoms with Gasteiger partial charge in [0.15, 0.2) is 0 Å². The minimum Gasteiger partial charge on any atom is -0.494 e. The van der Waals surface area contributed by atoms with Crippen molar-refractivity contribution in [2.75, 3.05) is 29.0 Å². The Kier molecular flexibility index (Phi) is 6.47. The molecule has 0 atom stereocenters. The van der Waals surface area contributed by atoms with Gasteiger partial charge in [-0.1, -0.05) is 11.3 Å². The first-order valence-electron chi connectivity index (χ1n) is 9.36. The Morgan fingerprint density at radius 1 is 1.17 bits per heavy atom. The molecule has 0 saturated carbocycles. The lowest BCUT2D eigenvalue weighted by Gasteiger charge is -2.22. The largest absolute Gasteiger partial charge is 0.494 e. The number of hydrogen-bond donors (Lipinski definition) is 1. The lowest BCUT2D eigenvalue weighted by molar-refractivity contribution is -0.114. The Hall–Kier alpha value is -2.85. The number of benzene rings is 2. The lowest BCUT2D eigenvalue weighted by atomic mass is 10.3. The fraction of sp³-hybridized carbons (Fsp3) is 0.300. The molecule has 10 heteroatoms. The summed E-state index contributed by atoms with van der Waals surface area (Å²) in [5.74, 6) is 0.126. The molecule has 0 aliphatic heterocycles. The number of aromatic nitrogens is 1. The molecule has 8 nitrogen and oxygen atoms in total. The number of rotatable bonds is 8. The molecular weight excluding hydrogens is 426 g/mol. The first-order chi connectivity index (χ1) is 14.2. The molecule has 160 valence electrons. The molecule has 1 aromatic heterocycles. The van der Waals surface area contributed by atoms with Crippen molar-refractivity contribution >= 4 is 48.9 Å². The van der Waals surface area contributed by atoms with Crippen molar-refractivity contribution < 1.29 is 17.9 Å². The molecule has 1 N–H and O–H groups in total. The van der Waals surface area contributed by atoms with Crippen LogP contribution < -0.4 is 19.2 Å². The van der Waals surface area contributed by atoms with Crippen LogP contribution in [0.25, 0.3) is 10.2 Å². The van der Waals surface area contributed by atoms with E-state index in [4.69, 9.17) is 4.74 Å². The molecule has 30 heavy (non-hydrogen) atoms. The summed E-state index contributed by atoms with van der Waals surface area (Å²) >= 11 is 1.10. The van der Waals surface area contributed by atoms with E-state index in [2.05, 4.69) is 5.32 Å². The van der Waals surface area contributed by atoms with Crippen LogP contribution in [0.4, 0.5) is 11.4 Å². The van der Waals surface area contributed by atoms with Crippen molar-refractivity contribution in [2.45, 2.75) is 20.4 Å². The third-order valence-corrected chi connectivity index (χ3v) is 6.47. The Balaban J connectivity index is 1.79. The maximum Gasteiger partial charge on any atom is 0.308 e. The third kappa shape index (κ3) is 4.82. The molecule has 0 fully saturated rings. The SMILES string of the molecule is CCOc1ccc(N(CC(=O)Nc2ccc3c(c2)sc(=O)n3CC)S(C)(=O)=O)cc1. The van der Waals surface area contributed by atoms with Crippen LogP contribution in [-0.4, -0.2) is 38.3 Å². The highest BCUT2D eigenvalue weighted by Crippen LogP contribution is 2.24. The molecule has 0 radical (unpaired) electrons. The van der Waals surface area contributed by atoms with Gasteiger partial charge in [0.2, 0.25) is 15.9 Å². The number of nitrogens with zero attached hydrogens (tertiary/aromatic N) is 2. The molecule has 0 unspecified atom stereocenters. The number of carbonyl (C=O) groups excluding carboxylic acids is 1. The molecule has 0 saturated heterocycles. The molecular formula is C20H23N3O5S2. The van der Waals surface area contributed by atoms with Crippen molar-refractivity contribution in [1.29, 1.82) is 0 Å². The van der Waals surface area contributed by atoms with Gasteiger partial charge in [0, 0.05) is 12.2 Å². The summed E-state index contributed by atoms with van der Waals surface area (Å²) in [6.45, 7) is 4.43. The van der Waals surface area contributed by atoms with Gasteiger partial charge in [0.25, 0.3) is 0 Å². The van der Waals surface area contributed by atoms with Crippen molar-refractivity contribution in [3.8, 4) is 5.75 Å². The summed E-state index contributed by atoms with van der Waals surface area (Å²) in [6.07, 6.45) is 1.05. The van der Waals surface area contributed by atoms with E-state index >= 15 is 0 Å². The average Bonchev–Trinajstić information content (AvgIpc) is 3.00. The zero-order chi connectivity index (χ0) is 21.9. The van der Waals surface area contributed by atoms with E-state index in [1.807, 2.05) is 13.8 Å². The topological polar surface area (TPSA) is 97.7 Å². The van der Waals surface area contributed by atoms with Crippen LogP contribution in [0, 0.1) is 0 Å². The highest BCUT2D eigenvalue weighted by atomic mass is 32.2. The Labute approximate surface area is 178 Å². The monoisotopic (exact) mass is 449 g/mol. The number of aryl methyl sites for hydroxylation is 1. The number of thiazole rings is 1. The standard InChI is InChI=1S/C20H23N3O5S2/c1-4-22-17-11-6-14(12-18(17)29-20(22)25)21-19(24)13-23(30(3,26)27)15-7-9-16(10-8-15)28-5-2/h6-12H,4-5,13H2,1-3H3,(H,21,24). The van der Waals surface area contributed by atoms with E-state index in [9.17, 15) is 18.0 Å². The fourth-order valence-electron chi connectivity index (χ4n) is 3.05. The molecule has 0 spiro atoms. The predicted molar refractivity (Wildman–Crippen MR) is 120 cm³/mol. The minimum atomic E-state index is -3.68. The Morgan fingerprint density at radius 2 is 1.87 bits per heavy atom. The average molecular weight is 450 g/mol. The maximum absolute atomic E-state index is 12.6. The first-order valence-corrected chi connectivity index (χ1v) is 12.0. The van der Waals surface area contributed by atoms with E-state index in [1.54, 1.807) is 47.0 Å². The molecule has 0 bridgehead atoms. The number of ether oxygens (including phenoxy) is 1. The third-order valence-electron chi connectivity index (χ3n) is 4.39. The molecule has 3 rings (SSSR count). The zero-order valence-electron chi connectivity index (χ0n) is 16.9. The van der Waals surface area contributed by atoms with Crippen molar-refractivity contribution in [3.63, 3.8) is 0 Å². The number of nitrogens with one attached hydrogen (secondary N) is 1. The van der Waals surface area contributed by atoms with Crippen LogP contribution in [0.3, 0.4) is 0 Å². The van der Waals surface area contributed by atoms with E-state index in [0.29, 0.717) is 30.3 Å². The van der Waals surface area contributed by atoms with Crippen molar-refractivity contribution in [1.82, 2.24) is 4.57 Å². The van der Waals surface area contributed by atoms with Gasteiger partial charge in [-0.3, -0.25) is 18.5 Å². The van der Waals surface area contributed by atoms with Crippen molar-refractivity contribution in [2.24, 2.45) is 0 Å². The van der Waals surface area contributed by atoms with E-state index in [-0.39, 0.29) is 11.4 Å². The molecule has 1 heterocycles. The maximum atomic E-state index is 12.6. The van der Waals surface area contributed by atoms with Gasteiger partial charge in [-0.15, -0.1) is 0 Å². The van der Waals surface area contributed by atoms with Gasteiger partial charge in [0.1, 0.15) is 12.3 Å². The van der Waals surface area contributed by atoms with Gasteiger partial charge < -0.3 is 10.1 Å².